The summed E-state index contributed by atoms with van der Waals surface area (Å²) in [6.07, 6.45) is 0. The first-order chi connectivity index (χ1) is 9.93. The van der Waals surface area contributed by atoms with Gasteiger partial charge in [-0.15, -0.1) is 0 Å². The molecule has 0 bridgehead atoms. The van der Waals surface area contributed by atoms with E-state index in [2.05, 4.69) is 5.32 Å². The van der Waals surface area contributed by atoms with Crippen LogP contribution in [0.4, 0.5) is 14.5 Å². The van der Waals surface area contributed by atoms with E-state index >= 15 is 0 Å². The lowest BCUT2D eigenvalue weighted by atomic mass is 10.1. The smallest absolute Gasteiger partial charge is 0.261 e. The molecule has 0 aliphatic carbocycles. The molecular weight excluding hydrogens is 298 g/mol. The zero-order valence-corrected chi connectivity index (χ0v) is 11.6. The molecule has 0 aromatic heterocycles. The van der Waals surface area contributed by atoms with E-state index in [-0.39, 0.29) is 16.3 Å². The standard InChI is InChI=1S/C15H9ClF2N2O/c1-8-2-4-11(17)13(14(8)18)15(21)20-12-5-3-9(7-19)6-10(12)16/h2-6H,1H3,(H,20,21). The molecule has 0 aliphatic rings. The number of aryl methyl sites for hydroxylation is 1. The zero-order valence-electron chi connectivity index (χ0n) is 10.9. The molecule has 0 spiro atoms. The Bertz CT molecular complexity index is 769. The Balaban J connectivity index is 2.35. The lowest BCUT2D eigenvalue weighted by Crippen LogP contribution is -2.16. The van der Waals surface area contributed by atoms with E-state index in [1.54, 1.807) is 0 Å². The number of carbonyl (C=O) groups excluding carboxylic acids is 1. The predicted octanol–water partition coefficient (Wildman–Crippen LogP) is 4.05. The van der Waals surface area contributed by atoms with E-state index in [0.29, 0.717) is 5.56 Å². The van der Waals surface area contributed by atoms with Gasteiger partial charge in [-0.1, -0.05) is 17.7 Å². The molecular formula is C15H9ClF2N2O. The van der Waals surface area contributed by atoms with Gasteiger partial charge >= 0.3 is 0 Å². The Morgan fingerprint density at radius 2 is 2.00 bits per heavy atom. The van der Waals surface area contributed by atoms with E-state index in [4.69, 9.17) is 16.9 Å². The second-order valence-corrected chi connectivity index (χ2v) is 4.72. The van der Waals surface area contributed by atoms with Crippen LogP contribution in [-0.2, 0) is 0 Å². The van der Waals surface area contributed by atoms with Crippen LogP contribution in [0.25, 0.3) is 0 Å². The van der Waals surface area contributed by atoms with Crippen molar-refractivity contribution in [3.05, 3.63) is 63.7 Å². The molecule has 0 fully saturated rings. The van der Waals surface area contributed by atoms with Gasteiger partial charge in [0.2, 0.25) is 0 Å². The summed E-state index contributed by atoms with van der Waals surface area (Å²) in [5.41, 5.74) is -0.0326. The van der Waals surface area contributed by atoms with Gasteiger partial charge in [0.05, 0.1) is 22.3 Å². The molecule has 106 valence electrons. The summed E-state index contributed by atoms with van der Waals surface area (Å²) in [7, 11) is 0. The number of nitriles is 1. The van der Waals surface area contributed by atoms with Crippen LogP contribution < -0.4 is 5.32 Å². The van der Waals surface area contributed by atoms with Crippen LogP contribution in [0.5, 0.6) is 0 Å². The van der Waals surface area contributed by atoms with Gasteiger partial charge in [-0.05, 0) is 36.8 Å². The third-order valence-electron chi connectivity index (χ3n) is 2.86. The minimum atomic E-state index is -0.958. The van der Waals surface area contributed by atoms with Gasteiger partial charge in [-0.3, -0.25) is 4.79 Å². The number of carbonyl (C=O) groups is 1. The summed E-state index contributed by atoms with van der Waals surface area (Å²) in [6.45, 7) is 1.43. The first-order valence-corrected chi connectivity index (χ1v) is 6.27. The monoisotopic (exact) mass is 306 g/mol. The first kappa shape index (κ1) is 14.9. The van der Waals surface area contributed by atoms with Gasteiger partial charge < -0.3 is 5.32 Å². The second-order valence-electron chi connectivity index (χ2n) is 4.31. The highest BCUT2D eigenvalue weighted by molar-refractivity contribution is 6.34. The highest BCUT2D eigenvalue weighted by Crippen LogP contribution is 2.24. The van der Waals surface area contributed by atoms with Crippen LogP contribution in [0.2, 0.25) is 5.02 Å². The van der Waals surface area contributed by atoms with Gasteiger partial charge in [-0.2, -0.15) is 5.26 Å². The van der Waals surface area contributed by atoms with Gasteiger partial charge in [0.1, 0.15) is 17.2 Å². The Labute approximate surface area is 124 Å². The molecule has 0 saturated heterocycles. The number of nitrogens with zero attached hydrogens (tertiary/aromatic N) is 1. The number of anilines is 1. The lowest BCUT2D eigenvalue weighted by molar-refractivity contribution is 0.101. The number of hydrogen-bond donors (Lipinski definition) is 1. The van der Waals surface area contributed by atoms with Crippen molar-refractivity contribution in [1.29, 1.82) is 5.26 Å². The molecule has 0 unspecified atom stereocenters. The van der Waals surface area contributed by atoms with Crippen molar-refractivity contribution in [2.75, 3.05) is 5.32 Å². The molecule has 0 radical (unpaired) electrons. The van der Waals surface area contributed by atoms with E-state index in [9.17, 15) is 13.6 Å². The highest BCUT2D eigenvalue weighted by Gasteiger charge is 2.20. The first-order valence-electron chi connectivity index (χ1n) is 5.89. The molecule has 3 nitrogen and oxygen atoms in total. The molecule has 2 aromatic rings. The summed E-state index contributed by atoms with van der Waals surface area (Å²) in [5.74, 6) is -2.82. The molecule has 0 heterocycles. The molecule has 0 saturated carbocycles. The van der Waals surface area contributed by atoms with Crippen molar-refractivity contribution < 1.29 is 13.6 Å². The summed E-state index contributed by atoms with van der Waals surface area (Å²) >= 11 is 5.90. The number of nitrogens with one attached hydrogen (secondary N) is 1. The Hall–Kier alpha value is -2.45. The normalized spacial score (nSPS) is 10.0. The topological polar surface area (TPSA) is 52.9 Å². The SMILES string of the molecule is Cc1ccc(F)c(C(=O)Nc2ccc(C#N)cc2Cl)c1F. The fourth-order valence-electron chi connectivity index (χ4n) is 1.74. The van der Waals surface area contributed by atoms with E-state index in [1.165, 1.54) is 31.2 Å². The number of benzene rings is 2. The molecule has 6 heteroatoms. The summed E-state index contributed by atoms with van der Waals surface area (Å²) in [5, 5.41) is 11.2. The average molecular weight is 307 g/mol. The van der Waals surface area contributed by atoms with Crippen molar-refractivity contribution in [3.63, 3.8) is 0 Å². The van der Waals surface area contributed by atoms with Crippen LogP contribution in [0.3, 0.4) is 0 Å². The second kappa shape index (κ2) is 5.90. The van der Waals surface area contributed by atoms with Crippen molar-refractivity contribution in [2.24, 2.45) is 0 Å². The number of amides is 1. The summed E-state index contributed by atoms with van der Waals surface area (Å²) in [4.78, 5) is 12.0. The largest absolute Gasteiger partial charge is 0.320 e. The molecule has 2 aromatic carbocycles. The van der Waals surface area contributed by atoms with Crippen LogP contribution in [0.1, 0.15) is 21.5 Å². The number of hydrogen-bond acceptors (Lipinski definition) is 2. The predicted molar refractivity (Wildman–Crippen MR) is 75.2 cm³/mol. The summed E-state index contributed by atoms with van der Waals surface area (Å²) < 4.78 is 27.5. The zero-order chi connectivity index (χ0) is 15.6. The fourth-order valence-corrected chi connectivity index (χ4v) is 1.96. The van der Waals surface area contributed by atoms with E-state index in [0.717, 1.165) is 6.07 Å². The van der Waals surface area contributed by atoms with Gasteiger partial charge in [0.25, 0.3) is 5.91 Å². The van der Waals surface area contributed by atoms with Crippen LogP contribution in [0, 0.1) is 29.9 Å². The maximum atomic E-state index is 13.9. The average Bonchev–Trinajstić information content (AvgIpc) is 2.45. The van der Waals surface area contributed by atoms with Crippen molar-refractivity contribution >= 4 is 23.2 Å². The van der Waals surface area contributed by atoms with E-state index < -0.39 is 23.1 Å². The van der Waals surface area contributed by atoms with Crippen molar-refractivity contribution in [3.8, 4) is 6.07 Å². The van der Waals surface area contributed by atoms with Gasteiger partial charge in [0, 0.05) is 0 Å². The van der Waals surface area contributed by atoms with Gasteiger partial charge in [-0.25, -0.2) is 8.78 Å². The minimum absolute atomic E-state index is 0.107. The number of halogens is 3. The maximum absolute atomic E-state index is 13.9. The lowest BCUT2D eigenvalue weighted by Gasteiger charge is -2.10. The molecule has 1 N–H and O–H groups in total. The quantitative estimate of drug-likeness (QED) is 0.910. The summed E-state index contributed by atoms with van der Waals surface area (Å²) in [6, 6.07) is 8.33. The number of rotatable bonds is 2. The van der Waals surface area contributed by atoms with Crippen LogP contribution in [-0.4, -0.2) is 5.91 Å². The Morgan fingerprint density at radius 3 is 2.62 bits per heavy atom. The molecule has 0 atom stereocenters. The van der Waals surface area contributed by atoms with Crippen LogP contribution >= 0.6 is 11.6 Å². The highest BCUT2D eigenvalue weighted by atomic mass is 35.5. The molecule has 21 heavy (non-hydrogen) atoms. The third kappa shape index (κ3) is 3.01. The van der Waals surface area contributed by atoms with Gasteiger partial charge in [0.15, 0.2) is 0 Å². The van der Waals surface area contributed by atoms with Crippen molar-refractivity contribution in [2.45, 2.75) is 6.92 Å². The Kier molecular flexibility index (Phi) is 4.20. The molecule has 1 amide bonds. The molecule has 2 rings (SSSR count). The fraction of sp³-hybridized carbons (Fsp3) is 0.0667. The van der Waals surface area contributed by atoms with Crippen LogP contribution in [0.15, 0.2) is 30.3 Å². The van der Waals surface area contributed by atoms with Crippen molar-refractivity contribution in [1.82, 2.24) is 0 Å². The maximum Gasteiger partial charge on any atom is 0.261 e. The molecule has 0 aliphatic heterocycles. The Morgan fingerprint density at radius 1 is 1.29 bits per heavy atom. The van der Waals surface area contributed by atoms with E-state index in [1.807, 2.05) is 6.07 Å². The minimum Gasteiger partial charge on any atom is -0.320 e. The third-order valence-corrected chi connectivity index (χ3v) is 3.17.